The molecule has 1 heterocycles. The van der Waals surface area contributed by atoms with Crippen LogP contribution in [-0.4, -0.2) is 28.1 Å². The number of hydrogen-bond donors (Lipinski definition) is 3. The number of carbonyl (C=O) groups is 2. The van der Waals surface area contributed by atoms with Crippen LogP contribution in [0.15, 0.2) is 18.3 Å². The van der Waals surface area contributed by atoms with Crippen LogP contribution in [0.4, 0.5) is 10.5 Å². The number of aliphatic carboxylic acids is 1. The summed E-state index contributed by atoms with van der Waals surface area (Å²) >= 11 is 0. The predicted octanol–water partition coefficient (Wildman–Crippen LogP) is 2.01. The maximum absolute atomic E-state index is 12.1. The van der Waals surface area contributed by atoms with Crippen molar-refractivity contribution >= 4 is 17.7 Å². The Balaban J connectivity index is 1.67. The number of aryl methyl sites for hydroxylation is 1. The molecule has 2 aliphatic rings. The van der Waals surface area contributed by atoms with Crippen LogP contribution in [0.2, 0.25) is 0 Å². The fourth-order valence-electron chi connectivity index (χ4n) is 3.78. The molecule has 0 aromatic carbocycles. The van der Waals surface area contributed by atoms with Crippen LogP contribution in [0.25, 0.3) is 0 Å². The molecular weight excluding hydrogens is 270 g/mol. The highest BCUT2D eigenvalue weighted by Crippen LogP contribution is 2.48. The molecule has 0 radical (unpaired) electrons. The number of pyridine rings is 1. The van der Waals surface area contributed by atoms with Crippen molar-refractivity contribution in [2.45, 2.75) is 32.2 Å². The highest BCUT2D eigenvalue weighted by Gasteiger charge is 2.51. The van der Waals surface area contributed by atoms with Gasteiger partial charge in [0.05, 0.1) is 17.3 Å². The van der Waals surface area contributed by atoms with Crippen molar-refractivity contribution in [2.24, 2.45) is 17.8 Å². The van der Waals surface area contributed by atoms with Gasteiger partial charge in [0.25, 0.3) is 0 Å². The molecule has 1 aromatic heterocycles. The number of anilines is 1. The zero-order valence-corrected chi connectivity index (χ0v) is 11.9. The third kappa shape index (κ3) is 2.57. The first-order chi connectivity index (χ1) is 10.1. The maximum atomic E-state index is 12.1. The maximum Gasteiger partial charge on any atom is 0.319 e. The van der Waals surface area contributed by atoms with Crippen LogP contribution >= 0.6 is 0 Å². The van der Waals surface area contributed by atoms with Crippen molar-refractivity contribution in [3.8, 4) is 0 Å². The van der Waals surface area contributed by atoms with Crippen LogP contribution in [-0.2, 0) is 4.79 Å². The average molecular weight is 289 g/mol. The molecule has 2 bridgehead atoms. The lowest BCUT2D eigenvalue weighted by Crippen LogP contribution is -2.48. The average Bonchev–Trinajstić information content (AvgIpc) is 3.02. The van der Waals surface area contributed by atoms with Gasteiger partial charge in [-0.25, -0.2) is 4.79 Å². The smallest absolute Gasteiger partial charge is 0.319 e. The van der Waals surface area contributed by atoms with Crippen LogP contribution < -0.4 is 10.6 Å². The molecule has 1 aromatic rings. The van der Waals surface area contributed by atoms with Crippen LogP contribution in [0.1, 0.15) is 25.0 Å². The van der Waals surface area contributed by atoms with Gasteiger partial charge in [-0.1, -0.05) is 0 Å². The summed E-state index contributed by atoms with van der Waals surface area (Å²) in [5, 5.41) is 15.0. The number of rotatable bonds is 3. The van der Waals surface area contributed by atoms with Crippen molar-refractivity contribution in [3.63, 3.8) is 0 Å². The second-order valence-electron chi connectivity index (χ2n) is 5.96. The third-order valence-electron chi connectivity index (χ3n) is 4.75. The van der Waals surface area contributed by atoms with Gasteiger partial charge in [-0.05, 0) is 50.2 Å². The van der Waals surface area contributed by atoms with Gasteiger partial charge in [-0.15, -0.1) is 0 Å². The summed E-state index contributed by atoms with van der Waals surface area (Å²) < 4.78 is 0. The van der Waals surface area contributed by atoms with Gasteiger partial charge < -0.3 is 15.7 Å². The number of amides is 2. The van der Waals surface area contributed by atoms with E-state index in [1.807, 2.05) is 6.92 Å². The number of carboxylic acids is 1. The van der Waals surface area contributed by atoms with E-state index in [1.54, 1.807) is 18.3 Å². The fraction of sp³-hybridized carbons (Fsp3) is 0.533. The number of hydrogen-bond acceptors (Lipinski definition) is 3. The zero-order valence-electron chi connectivity index (χ0n) is 11.9. The van der Waals surface area contributed by atoms with E-state index in [-0.39, 0.29) is 23.9 Å². The van der Waals surface area contributed by atoms with Crippen molar-refractivity contribution in [3.05, 3.63) is 24.0 Å². The minimum Gasteiger partial charge on any atom is -0.481 e. The van der Waals surface area contributed by atoms with Gasteiger partial charge in [0.2, 0.25) is 0 Å². The molecule has 6 nitrogen and oxygen atoms in total. The lowest BCUT2D eigenvalue weighted by atomic mass is 9.84. The van der Waals surface area contributed by atoms with Gasteiger partial charge in [-0.2, -0.15) is 0 Å². The zero-order chi connectivity index (χ0) is 15.0. The van der Waals surface area contributed by atoms with E-state index in [4.69, 9.17) is 0 Å². The monoisotopic (exact) mass is 289 g/mol. The van der Waals surface area contributed by atoms with Gasteiger partial charge >= 0.3 is 12.0 Å². The van der Waals surface area contributed by atoms with Crippen LogP contribution in [0, 0.1) is 24.7 Å². The second kappa shape index (κ2) is 5.35. The molecule has 0 spiro atoms. The van der Waals surface area contributed by atoms with Gasteiger partial charge in [-0.3, -0.25) is 9.78 Å². The summed E-state index contributed by atoms with van der Waals surface area (Å²) in [4.78, 5) is 27.6. The van der Waals surface area contributed by atoms with E-state index < -0.39 is 11.9 Å². The second-order valence-corrected chi connectivity index (χ2v) is 5.96. The highest BCUT2D eigenvalue weighted by atomic mass is 16.4. The first-order valence-corrected chi connectivity index (χ1v) is 7.28. The molecule has 3 N–H and O–H groups in total. The molecule has 0 aliphatic heterocycles. The van der Waals surface area contributed by atoms with E-state index in [9.17, 15) is 14.7 Å². The molecule has 4 atom stereocenters. The fourth-order valence-corrected chi connectivity index (χ4v) is 3.78. The highest BCUT2D eigenvalue weighted by molar-refractivity contribution is 5.90. The molecular formula is C15H19N3O3. The van der Waals surface area contributed by atoms with Crippen LogP contribution in [0.3, 0.4) is 0 Å². The van der Waals surface area contributed by atoms with Gasteiger partial charge in [0.1, 0.15) is 0 Å². The molecule has 2 aliphatic carbocycles. The van der Waals surface area contributed by atoms with Crippen molar-refractivity contribution in [1.29, 1.82) is 0 Å². The Hall–Kier alpha value is -2.11. The standard InChI is InChI=1S/C15H19N3O3/c1-8-11(3-2-6-16-8)17-15(21)18-13-10-5-4-9(7-10)12(13)14(19)20/h2-3,6,9-10,12-13H,4-5,7H2,1H3,(H,19,20)(H2,17,18,21). The SMILES string of the molecule is Cc1ncccc1NC(=O)NC1C2CCC(C2)C1C(=O)O. The van der Waals surface area contributed by atoms with Crippen LogP contribution in [0.5, 0.6) is 0 Å². The predicted molar refractivity (Wildman–Crippen MR) is 76.9 cm³/mol. The number of carbonyl (C=O) groups excluding carboxylic acids is 1. The van der Waals surface area contributed by atoms with Crippen molar-refractivity contribution in [1.82, 2.24) is 10.3 Å². The first-order valence-electron chi connectivity index (χ1n) is 7.28. The molecule has 2 saturated carbocycles. The molecule has 2 fully saturated rings. The molecule has 6 heteroatoms. The first kappa shape index (κ1) is 13.9. The lowest BCUT2D eigenvalue weighted by molar-refractivity contribution is -0.144. The normalized spacial score (nSPS) is 30.1. The minimum absolute atomic E-state index is 0.206. The number of carboxylic acid groups (broad SMARTS) is 1. The molecule has 3 rings (SSSR count). The van der Waals surface area contributed by atoms with E-state index in [2.05, 4.69) is 15.6 Å². The molecule has 4 unspecified atom stereocenters. The summed E-state index contributed by atoms with van der Waals surface area (Å²) in [6.07, 6.45) is 4.54. The molecule has 21 heavy (non-hydrogen) atoms. The van der Waals surface area contributed by atoms with E-state index >= 15 is 0 Å². The summed E-state index contributed by atoms with van der Waals surface area (Å²) in [6, 6.07) is 2.91. The Kier molecular flexibility index (Phi) is 3.53. The Morgan fingerprint density at radius 2 is 2.10 bits per heavy atom. The molecule has 2 amide bonds. The summed E-state index contributed by atoms with van der Waals surface area (Å²) in [6.45, 7) is 1.81. The minimum atomic E-state index is -0.801. The Labute approximate surface area is 123 Å². The number of nitrogens with one attached hydrogen (secondary N) is 2. The number of fused-ring (bicyclic) bond motifs is 2. The third-order valence-corrected chi connectivity index (χ3v) is 4.75. The van der Waals surface area contributed by atoms with Crippen molar-refractivity contribution < 1.29 is 14.7 Å². The van der Waals surface area contributed by atoms with E-state index in [1.165, 1.54) is 0 Å². The molecule has 0 saturated heterocycles. The number of aromatic nitrogens is 1. The quantitative estimate of drug-likeness (QED) is 0.793. The Morgan fingerprint density at radius 1 is 1.33 bits per heavy atom. The van der Waals surface area contributed by atoms with E-state index in [0.29, 0.717) is 5.69 Å². The summed E-state index contributed by atoms with van der Waals surface area (Å²) in [7, 11) is 0. The lowest BCUT2D eigenvalue weighted by Gasteiger charge is -2.28. The Morgan fingerprint density at radius 3 is 2.81 bits per heavy atom. The largest absolute Gasteiger partial charge is 0.481 e. The summed E-state index contributed by atoms with van der Waals surface area (Å²) in [5.41, 5.74) is 1.38. The number of urea groups is 1. The van der Waals surface area contributed by atoms with Crippen molar-refractivity contribution in [2.75, 3.05) is 5.32 Å². The van der Waals surface area contributed by atoms with Gasteiger partial charge in [0, 0.05) is 12.2 Å². The molecule has 112 valence electrons. The van der Waals surface area contributed by atoms with Gasteiger partial charge in [0.15, 0.2) is 0 Å². The topological polar surface area (TPSA) is 91.3 Å². The Bertz CT molecular complexity index is 575. The number of nitrogens with zero attached hydrogens (tertiary/aromatic N) is 1. The van der Waals surface area contributed by atoms with E-state index in [0.717, 1.165) is 25.0 Å². The summed E-state index contributed by atoms with van der Waals surface area (Å²) in [5.74, 6) is -0.760.